The number of nitrogens with one attached hydrogen (secondary N) is 1. The molecule has 2 aromatic rings. The van der Waals surface area contributed by atoms with Gasteiger partial charge in [0.2, 0.25) is 0 Å². The van der Waals surface area contributed by atoms with Gasteiger partial charge in [-0.1, -0.05) is 33.6 Å². The lowest BCUT2D eigenvalue weighted by atomic mass is 10.1. The van der Waals surface area contributed by atoms with Crippen LogP contribution in [0.5, 0.6) is 0 Å². The molecule has 0 bridgehead atoms. The van der Waals surface area contributed by atoms with Crippen molar-refractivity contribution in [2.24, 2.45) is 0 Å². The Morgan fingerprint density at radius 1 is 1.25 bits per heavy atom. The monoisotopic (exact) mass is 372 g/mol. The summed E-state index contributed by atoms with van der Waals surface area (Å²) in [5.41, 5.74) is 2.22. The molecule has 2 nitrogen and oxygen atoms in total. The molecule has 20 heavy (non-hydrogen) atoms. The first-order valence-electron chi connectivity index (χ1n) is 6.53. The van der Waals surface area contributed by atoms with Crippen molar-refractivity contribution >= 4 is 38.9 Å². The molecule has 0 fully saturated rings. The first kappa shape index (κ1) is 16.0. The zero-order valence-corrected chi connectivity index (χ0v) is 15.2. The largest absolute Gasteiger partial charge is 0.303 e. The van der Waals surface area contributed by atoms with E-state index in [1.54, 1.807) is 11.3 Å². The molecular weight excluding hydrogens is 356 g/mol. The van der Waals surface area contributed by atoms with E-state index in [0.29, 0.717) is 0 Å². The smallest absolute Gasteiger partial charge is 0.0900 e. The van der Waals surface area contributed by atoms with Gasteiger partial charge in [-0.05, 0) is 45.4 Å². The molecule has 0 aliphatic rings. The van der Waals surface area contributed by atoms with Gasteiger partial charge in [0.25, 0.3) is 0 Å². The first-order valence-corrected chi connectivity index (χ1v) is 8.52. The zero-order valence-electron chi connectivity index (χ0n) is 12.0. The van der Waals surface area contributed by atoms with Gasteiger partial charge >= 0.3 is 0 Å². The highest BCUT2D eigenvalue weighted by Crippen LogP contribution is 2.30. The van der Waals surface area contributed by atoms with Crippen LogP contribution in [0.3, 0.4) is 0 Å². The fourth-order valence-electron chi connectivity index (χ4n) is 2.34. The van der Waals surface area contributed by atoms with Crippen molar-refractivity contribution in [3.63, 3.8) is 0 Å². The molecule has 0 radical (unpaired) electrons. The lowest BCUT2D eigenvalue weighted by Gasteiger charge is -2.21. The molecule has 1 aromatic heterocycles. The van der Waals surface area contributed by atoms with Crippen LogP contribution in [0, 0.1) is 13.8 Å². The molecule has 0 spiro atoms. The zero-order chi connectivity index (χ0) is 14.9. The number of thiazole rings is 1. The van der Waals surface area contributed by atoms with E-state index >= 15 is 0 Å². The second-order valence-corrected chi connectivity index (χ2v) is 7.52. The average molecular weight is 374 g/mol. The van der Waals surface area contributed by atoms with Crippen molar-refractivity contribution in [1.29, 1.82) is 0 Å². The Balaban J connectivity index is 2.14. The number of aryl methyl sites for hydroxylation is 2. The molecule has 0 saturated carbocycles. The maximum Gasteiger partial charge on any atom is 0.0900 e. The molecule has 0 aliphatic carbocycles. The second-order valence-electron chi connectivity index (χ2n) is 4.96. The van der Waals surface area contributed by atoms with Gasteiger partial charge in [-0.25, -0.2) is 4.98 Å². The van der Waals surface area contributed by atoms with Crippen LogP contribution in [0.1, 0.15) is 47.1 Å². The third-order valence-electron chi connectivity index (χ3n) is 3.26. The molecule has 0 amide bonds. The normalized spacial score (nSPS) is 14.3. The Kier molecular flexibility index (Phi) is 5.24. The molecule has 1 aromatic carbocycles. The number of rotatable bonds is 4. The van der Waals surface area contributed by atoms with Gasteiger partial charge in [0, 0.05) is 26.5 Å². The van der Waals surface area contributed by atoms with E-state index in [1.807, 2.05) is 19.1 Å². The highest BCUT2D eigenvalue weighted by Gasteiger charge is 2.17. The molecule has 2 atom stereocenters. The van der Waals surface area contributed by atoms with Gasteiger partial charge < -0.3 is 5.32 Å². The van der Waals surface area contributed by atoms with Gasteiger partial charge in [-0.15, -0.1) is 11.3 Å². The summed E-state index contributed by atoms with van der Waals surface area (Å²) in [6.07, 6.45) is 0. The average Bonchev–Trinajstić information content (AvgIpc) is 2.68. The number of hydrogen-bond donors (Lipinski definition) is 1. The van der Waals surface area contributed by atoms with E-state index in [1.165, 1.54) is 4.88 Å². The Morgan fingerprint density at radius 2 is 1.95 bits per heavy atom. The summed E-state index contributed by atoms with van der Waals surface area (Å²) in [4.78, 5) is 5.78. The summed E-state index contributed by atoms with van der Waals surface area (Å²) < 4.78 is 1.00. The third-order valence-corrected chi connectivity index (χ3v) is 5.34. The van der Waals surface area contributed by atoms with Crippen LogP contribution in [0.25, 0.3) is 0 Å². The van der Waals surface area contributed by atoms with E-state index in [4.69, 9.17) is 11.6 Å². The van der Waals surface area contributed by atoms with Crippen LogP contribution >= 0.6 is 38.9 Å². The van der Waals surface area contributed by atoms with E-state index in [2.05, 4.69) is 53.1 Å². The summed E-state index contributed by atoms with van der Waals surface area (Å²) in [5.74, 6) is 0. The van der Waals surface area contributed by atoms with Crippen molar-refractivity contribution < 1.29 is 0 Å². The lowest BCUT2D eigenvalue weighted by Crippen LogP contribution is -2.22. The van der Waals surface area contributed by atoms with Gasteiger partial charge in [0.1, 0.15) is 0 Å². The van der Waals surface area contributed by atoms with E-state index in [-0.39, 0.29) is 12.1 Å². The minimum absolute atomic E-state index is 0.187. The predicted octanol–water partition coefficient (Wildman–Crippen LogP) is 5.59. The highest BCUT2D eigenvalue weighted by molar-refractivity contribution is 9.10. The maximum atomic E-state index is 6.31. The summed E-state index contributed by atoms with van der Waals surface area (Å²) in [6.45, 7) is 8.41. The maximum absolute atomic E-state index is 6.31. The number of nitrogens with zero attached hydrogens (tertiary/aromatic N) is 1. The summed E-state index contributed by atoms with van der Waals surface area (Å²) in [5, 5.41) is 5.49. The second kappa shape index (κ2) is 6.56. The Bertz CT molecular complexity index is 612. The van der Waals surface area contributed by atoms with Crippen molar-refractivity contribution in [3.05, 3.63) is 48.8 Å². The van der Waals surface area contributed by atoms with Crippen LogP contribution in [-0.2, 0) is 0 Å². The Hall–Kier alpha value is -0.420. The van der Waals surface area contributed by atoms with E-state index in [0.717, 1.165) is 25.8 Å². The van der Waals surface area contributed by atoms with Crippen molar-refractivity contribution in [3.8, 4) is 0 Å². The third kappa shape index (κ3) is 3.61. The molecule has 2 unspecified atom stereocenters. The van der Waals surface area contributed by atoms with Gasteiger partial charge in [-0.3, -0.25) is 0 Å². The van der Waals surface area contributed by atoms with Crippen molar-refractivity contribution in [2.45, 2.75) is 39.8 Å². The standard InChI is InChI=1S/C15H18BrClN2S/c1-8(13-6-5-12(16)7-14(13)17)18-9(2)15-10(3)19-11(4)20-15/h5-9,18H,1-4H3. The minimum atomic E-state index is 0.187. The van der Waals surface area contributed by atoms with Gasteiger partial charge in [0.15, 0.2) is 0 Å². The van der Waals surface area contributed by atoms with E-state index in [9.17, 15) is 0 Å². The fraction of sp³-hybridized carbons (Fsp3) is 0.400. The summed E-state index contributed by atoms with van der Waals surface area (Å²) >= 11 is 11.5. The molecule has 1 N–H and O–H groups in total. The molecule has 0 aliphatic heterocycles. The van der Waals surface area contributed by atoms with Crippen molar-refractivity contribution in [2.75, 3.05) is 0 Å². The van der Waals surface area contributed by atoms with E-state index < -0.39 is 0 Å². The number of hydrogen-bond acceptors (Lipinski definition) is 3. The fourth-order valence-corrected chi connectivity index (χ4v) is 4.12. The van der Waals surface area contributed by atoms with Gasteiger partial charge in [-0.2, -0.15) is 0 Å². The Labute approximate surface area is 137 Å². The van der Waals surface area contributed by atoms with Crippen LogP contribution in [0.2, 0.25) is 5.02 Å². The SMILES string of the molecule is Cc1nc(C)c(C(C)NC(C)c2ccc(Br)cc2Cl)s1. The molecular formula is C15H18BrClN2S. The first-order chi connectivity index (χ1) is 9.38. The predicted molar refractivity (Wildman–Crippen MR) is 90.7 cm³/mol. The van der Waals surface area contributed by atoms with Crippen LogP contribution in [0.4, 0.5) is 0 Å². The summed E-state index contributed by atoms with van der Waals surface area (Å²) in [6, 6.07) is 6.46. The summed E-state index contributed by atoms with van der Waals surface area (Å²) in [7, 11) is 0. The molecule has 5 heteroatoms. The van der Waals surface area contributed by atoms with Crippen LogP contribution in [0.15, 0.2) is 22.7 Å². The molecule has 0 saturated heterocycles. The minimum Gasteiger partial charge on any atom is -0.303 e. The van der Waals surface area contributed by atoms with Gasteiger partial charge in [0.05, 0.1) is 10.7 Å². The number of aromatic nitrogens is 1. The van der Waals surface area contributed by atoms with Crippen LogP contribution in [-0.4, -0.2) is 4.98 Å². The van der Waals surface area contributed by atoms with Crippen molar-refractivity contribution in [1.82, 2.24) is 10.3 Å². The quantitative estimate of drug-likeness (QED) is 0.756. The topological polar surface area (TPSA) is 24.9 Å². The van der Waals surface area contributed by atoms with Crippen LogP contribution < -0.4 is 5.32 Å². The highest BCUT2D eigenvalue weighted by atomic mass is 79.9. The molecule has 2 rings (SSSR count). The lowest BCUT2D eigenvalue weighted by molar-refractivity contribution is 0.498. The number of benzene rings is 1. The molecule has 1 heterocycles. The molecule has 108 valence electrons. The number of halogens is 2. The Morgan fingerprint density at radius 3 is 2.50 bits per heavy atom.